The summed E-state index contributed by atoms with van der Waals surface area (Å²) < 4.78 is 22.7. The molecule has 4 aliphatic heterocycles. The highest BCUT2D eigenvalue weighted by Crippen LogP contribution is 2.36. The zero-order chi connectivity index (χ0) is 36.1. The van der Waals surface area contributed by atoms with Crippen LogP contribution < -0.4 is 10.6 Å². The molecule has 4 aromatic rings. The van der Waals surface area contributed by atoms with Gasteiger partial charge < -0.3 is 34.0 Å². The number of rotatable bonds is 8. The molecule has 0 unspecified atom stereocenters. The van der Waals surface area contributed by atoms with E-state index >= 15 is 0 Å². The number of aliphatic hydroxyl groups is 1. The van der Waals surface area contributed by atoms with E-state index in [1.807, 2.05) is 60.7 Å². The average Bonchev–Trinajstić information content (AvgIpc) is 4.04. The monoisotopic (exact) mass is 716 g/mol. The Kier molecular flexibility index (Phi) is 13.2. The van der Waals surface area contributed by atoms with Crippen LogP contribution in [-0.2, 0) is 22.7 Å². The number of benzene rings is 2. The maximum absolute atomic E-state index is 12.7. The molecule has 52 heavy (non-hydrogen) atoms. The van der Waals surface area contributed by atoms with E-state index in [9.17, 15) is 9.59 Å². The third kappa shape index (κ3) is 9.32. The van der Waals surface area contributed by atoms with Gasteiger partial charge in [0.25, 0.3) is 0 Å². The van der Waals surface area contributed by atoms with E-state index in [2.05, 4.69) is 31.0 Å². The highest BCUT2D eigenvalue weighted by Gasteiger charge is 2.39. The smallest absolute Gasteiger partial charge is 0.410 e. The Bertz CT molecular complexity index is 1560. The Morgan fingerprint density at radius 2 is 1.04 bits per heavy atom. The number of amides is 2. The summed E-state index contributed by atoms with van der Waals surface area (Å²) in [6.45, 7) is 3.67. The van der Waals surface area contributed by atoms with Crippen LogP contribution in [0.5, 0.6) is 0 Å². The summed E-state index contributed by atoms with van der Waals surface area (Å²) in [6, 6.07) is 19.0. The third-order valence-corrected chi connectivity index (χ3v) is 9.58. The van der Waals surface area contributed by atoms with Gasteiger partial charge >= 0.3 is 12.2 Å². The molecule has 15 heteroatoms. The number of nitrogens with one attached hydrogen (secondary N) is 2. The van der Waals surface area contributed by atoms with E-state index in [1.165, 1.54) is 12.8 Å². The van der Waals surface area contributed by atoms with Gasteiger partial charge in [-0.1, -0.05) is 60.7 Å². The van der Waals surface area contributed by atoms with Gasteiger partial charge in [-0.3, -0.25) is 9.80 Å². The number of nitrogens with zero attached hydrogens (tertiary/aromatic N) is 6. The number of ether oxygens (including phenoxy) is 2. The van der Waals surface area contributed by atoms with Crippen molar-refractivity contribution >= 4 is 12.2 Å². The molecule has 4 aliphatic rings. The van der Waals surface area contributed by atoms with Crippen molar-refractivity contribution < 1.29 is 33.0 Å². The summed E-state index contributed by atoms with van der Waals surface area (Å²) in [6.07, 6.45) is 6.90. The first kappa shape index (κ1) is 36.9. The van der Waals surface area contributed by atoms with Crippen LogP contribution in [0.15, 0.2) is 69.5 Å². The Hall–Kier alpha value is -4.86. The molecule has 0 aliphatic carbocycles. The molecule has 6 heterocycles. The van der Waals surface area contributed by atoms with Crippen LogP contribution in [0.25, 0.3) is 0 Å². The SMILES string of the molecule is C1CN[C@H](c2nnc([C@@H]3CCCN3)o2)C1.CO.O=C(OCc1ccccc1)N1CCC[C@H]1c1nnc([C@@H]2CCCN2C(=O)OCc2ccccc2)o1. The number of likely N-dealkylation sites (tertiary alicyclic amines) is 2. The summed E-state index contributed by atoms with van der Waals surface area (Å²) in [7, 11) is 1.00. The predicted molar refractivity (Wildman–Crippen MR) is 187 cm³/mol. The van der Waals surface area contributed by atoms with Crippen molar-refractivity contribution in [3.63, 3.8) is 0 Å². The lowest BCUT2D eigenvalue weighted by molar-refractivity contribution is 0.0838. The fraction of sp³-hybridized carbons (Fsp3) is 0.514. The Morgan fingerprint density at radius 3 is 1.44 bits per heavy atom. The van der Waals surface area contributed by atoms with Crippen LogP contribution in [0.3, 0.4) is 0 Å². The Morgan fingerprint density at radius 1 is 0.635 bits per heavy atom. The van der Waals surface area contributed by atoms with Crippen molar-refractivity contribution in [1.29, 1.82) is 0 Å². The summed E-state index contributed by atoms with van der Waals surface area (Å²) in [5, 5.41) is 30.4. The lowest BCUT2D eigenvalue weighted by atomic mass is 10.2. The first-order valence-electron chi connectivity index (χ1n) is 18.1. The maximum Gasteiger partial charge on any atom is 0.410 e. The van der Waals surface area contributed by atoms with Gasteiger partial charge in [0.15, 0.2) is 0 Å². The maximum atomic E-state index is 12.7. The highest BCUT2D eigenvalue weighted by atomic mass is 16.6. The molecule has 2 aromatic carbocycles. The van der Waals surface area contributed by atoms with Crippen molar-refractivity contribution in [2.24, 2.45) is 0 Å². The summed E-state index contributed by atoms with van der Waals surface area (Å²) in [5.41, 5.74) is 1.86. The van der Waals surface area contributed by atoms with Crippen molar-refractivity contribution in [2.75, 3.05) is 33.3 Å². The normalized spacial score (nSPS) is 22.3. The van der Waals surface area contributed by atoms with E-state index in [-0.39, 0.29) is 37.4 Å². The number of hydrogen-bond donors (Lipinski definition) is 3. The van der Waals surface area contributed by atoms with Crippen LogP contribution in [-0.4, -0.2) is 80.8 Å². The predicted octanol–water partition coefficient (Wildman–Crippen LogP) is 5.54. The molecular weight excluding hydrogens is 668 g/mol. The Balaban J connectivity index is 0.000000226. The fourth-order valence-corrected chi connectivity index (χ4v) is 6.92. The van der Waals surface area contributed by atoms with Crippen molar-refractivity contribution in [3.05, 3.63) is 95.4 Å². The van der Waals surface area contributed by atoms with Gasteiger partial charge in [-0.25, -0.2) is 9.59 Å². The van der Waals surface area contributed by atoms with Gasteiger partial charge in [0, 0.05) is 20.2 Å². The highest BCUT2D eigenvalue weighted by molar-refractivity contribution is 5.69. The largest absolute Gasteiger partial charge is 0.445 e. The van der Waals surface area contributed by atoms with Crippen LogP contribution >= 0.6 is 0 Å². The summed E-state index contributed by atoms with van der Waals surface area (Å²) in [5.74, 6) is 2.27. The molecule has 2 aromatic heterocycles. The van der Waals surface area contributed by atoms with Crippen LogP contribution in [0.4, 0.5) is 9.59 Å². The molecular formula is C37H48N8O7. The number of aromatic nitrogens is 4. The molecule has 0 bridgehead atoms. The van der Waals surface area contributed by atoms with Gasteiger partial charge in [0.05, 0.1) is 12.1 Å². The molecule has 2 amide bonds. The first-order chi connectivity index (χ1) is 25.6. The molecule has 15 nitrogen and oxygen atoms in total. The van der Waals surface area contributed by atoms with E-state index in [1.54, 1.807) is 9.80 Å². The topological polar surface area (TPSA) is 181 Å². The van der Waals surface area contributed by atoms with E-state index < -0.39 is 12.2 Å². The van der Waals surface area contributed by atoms with Crippen molar-refractivity contribution in [3.8, 4) is 0 Å². The minimum Gasteiger partial charge on any atom is -0.445 e. The van der Waals surface area contributed by atoms with Crippen LogP contribution in [0.2, 0.25) is 0 Å². The fourth-order valence-electron chi connectivity index (χ4n) is 6.92. The standard InChI is InChI=1S/C26H28N4O5.C10H16N4O.CH4O/c31-25(33-17-19-9-3-1-4-10-19)29-15-7-13-21(29)23-27-28-24(35-23)22-14-8-16-30(22)26(32)34-18-20-11-5-2-6-12-20;1-3-7(11-5-1)9-13-14-10(15-9)8-4-2-6-12-8;1-2/h1-6,9-12,21-22H,7-8,13-18H2;7-8,11-12H,1-6H2;2H,1H3/t21-,22-;7-,8-;/m00./s1. The minimum atomic E-state index is -0.400. The number of carbonyl (C=O) groups excluding carboxylic acids is 2. The quantitative estimate of drug-likeness (QED) is 0.207. The van der Waals surface area contributed by atoms with E-state index in [0.717, 1.165) is 81.6 Å². The van der Waals surface area contributed by atoms with Gasteiger partial charge in [-0.05, 0) is 75.6 Å². The third-order valence-electron chi connectivity index (χ3n) is 9.58. The molecule has 3 N–H and O–H groups in total. The second-order valence-corrected chi connectivity index (χ2v) is 13.0. The second kappa shape index (κ2) is 18.6. The number of carbonyl (C=O) groups is 2. The molecule has 4 atom stereocenters. The van der Waals surface area contributed by atoms with Gasteiger partial charge in [0.1, 0.15) is 25.3 Å². The van der Waals surface area contributed by atoms with Crippen molar-refractivity contribution in [2.45, 2.75) is 88.7 Å². The van der Waals surface area contributed by atoms with Crippen LogP contribution in [0, 0.1) is 0 Å². The second-order valence-electron chi connectivity index (χ2n) is 13.0. The van der Waals surface area contributed by atoms with E-state index in [4.69, 9.17) is 23.4 Å². The lowest BCUT2D eigenvalue weighted by Gasteiger charge is -2.22. The molecule has 0 saturated carbocycles. The number of aliphatic hydroxyl groups excluding tert-OH is 1. The molecule has 8 rings (SSSR count). The minimum absolute atomic E-state index is 0.208. The van der Waals surface area contributed by atoms with E-state index in [0.29, 0.717) is 24.9 Å². The molecule has 4 saturated heterocycles. The Labute approximate surface area is 303 Å². The average molecular weight is 717 g/mol. The van der Waals surface area contributed by atoms with Gasteiger partial charge in [-0.15, -0.1) is 20.4 Å². The zero-order valence-electron chi connectivity index (χ0n) is 29.6. The molecule has 278 valence electrons. The van der Waals surface area contributed by atoms with Crippen LogP contribution in [0.1, 0.15) is 110 Å². The molecule has 0 radical (unpaired) electrons. The number of hydrogen-bond acceptors (Lipinski definition) is 13. The summed E-state index contributed by atoms with van der Waals surface area (Å²) in [4.78, 5) is 28.8. The van der Waals surface area contributed by atoms with Gasteiger partial charge in [-0.2, -0.15) is 0 Å². The zero-order valence-corrected chi connectivity index (χ0v) is 29.6. The summed E-state index contributed by atoms with van der Waals surface area (Å²) >= 11 is 0. The van der Waals surface area contributed by atoms with Crippen molar-refractivity contribution in [1.82, 2.24) is 40.8 Å². The lowest BCUT2D eigenvalue weighted by Crippen LogP contribution is -2.31. The van der Waals surface area contributed by atoms with Gasteiger partial charge in [0.2, 0.25) is 23.6 Å². The molecule has 4 fully saturated rings. The molecule has 0 spiro atoms. The first-order valence-corrected chi connectivity index (χ1v) is 18.1.